The SMILES string of the molecule is COc1ccc(Cl)cc1-c1cc(N2CCN(C(=O)OC(C)(C)C)CC2)c(N)nn1. The normalized spacial score (nSPS) is 14.7. The van der Waals surface area contributed by atoms with E-state index in [2.05, 4.69) is 15.1 Å². The van der Waals surface area contributed by atoms with Crippen LogP contribution < -0.4 is 15.4 Å². The third-order valence-corrected chi connectivity index (χ3v) is 4.75. The molecule has 0 aliphatic carbocycles. The van der Waals surface area contributed by atoms with E-state index in [1.165, 1.54) is 0 Å². The Labute approximate surface area is 175 Å². The lowest BCUT2D eigenvalue weighted by atomic mass is 10.1. The second-order valence-corrected chi connectivity index (χ2v) is 8.24. The van der Waals surface area contributed by atoms with Crippen LogP contribution >= 0.6 is 11.6 Å². The number of piperazine rings is 1. The summed E-state index contributed by atoms with van der Waals surface area (Å²) in [6.07, 6.45) is -0.303. The smallest absolute Gasteiger partial charge is 0.410 e. The number of hydrogen-bond acceptors (Lipinski definition) is 7. The quantitative estimate of drug-likeness (QED) is 0.814. The summed E-state index contributed by atoms with van der Waals surface area (Å²) >= 11 is 6.15. The Morgan fingerprint density at radius 2 is 1.83 bits per heavy atom. The van der Waals surface area contributed by atoms with Gasteiger partial charge in [-0.3, -0.25) is 0 Å². The molecule has 2 aromatic rings. The average molecular weight is 420 g/mol. The Kier molecular flexibility index (Phi) is 6.02. The molecule has 0 saturated carbocycles. The summed E-state index contributed by atoms with van der Waals surface area (Å²) in [5, 5.41) is 8.91. The van der Waals surface area contributed by atoms with Crippen LogP contribution in [0.15, 0.2) is 24.3 Å². The fraction of sp³-hybridized carbons (Fsp3) is 0.450. The molecule has 2 heterocycles. The number of ether oxygens (including phenoxy) is 2. The molecule has 1 fully saturated rings. The Morgan fingerprint density at radius 1 is 1.14 bits per heavy atom. The van der Waals surface area contributed by atoms with Crippen LogP contribution in [0.4, 0.5) is 16.3 Å². The number of hydrogen-bond donors (Lipinski definition) is 1. The van der Waals surface area contributed by atoms with Gasteiger partial charge in [0.05, 0.1) is 18.5 Å². The molecule has 1 aliphatic rings. The molecule has 3 rings (SSSR count). The molecule has 2 N–H and O–H groups in total. The summed E-state index contributed by atoms with van der Waals surface area (Å²) in [4.78, 5) is 16.1. The summed E-state index contributed by atoms with van der Waals surface area (Å²) in [7, 11) is 1.59. The van der Waals surface area contributed by atoms with Crippen LogP contribution in [0, 0.1) is 0 Å². The average Bonchev–Trinajstić information content (AvgIpc) is 2.67. The second kappa shape index (κ2) is 8.32. The monoisotopic (exact) mass is 419 g/mol. The number of nitrogens with zero attached hydrogens (tertiary/aromatic N) is 4. The number of benzene rings is 1. The van der Waals surface area contributed by atoms with Crippen molar-refractivity contribution in [3.63, 3.8) is 0 Å². The number of carbonyl (C=O) groups excluding carboxylic acids is 1. The van der Waals surface area contributed by atoms with Crippen LogP contribution in [-0.4, -0.2) is 60.1 Å². The Balaban J connectivity index is 1.79. The lowest BCUT2D eigenvalue weighted by Gasteiger charge is -2.36. The van der Waals surface area contributed by atoms with Gasteiger partial charge in [-0.1, -0.05) is 11.6 Å². The highest BCUT2D eigenvalue weighted by atomic mass is 35.5. The van der Waals surface area contributed by atoms with Crippen molar-refractivity contribution in [3.8, 4) is 17.0 Å². The van der Waals surface area contributed by atoms with Gasteiger partial charge in [-0.25, -0.2) is 4.79 Å². The minimum Gasteiger partial charge on any atom is -0.496 e. The topological polar surface area (TPSA) is 93.8 Å². The van der Waals surface area contributed by atoms with Gasteiger partial charge in [-0.2, -0.15) is 0 Å². The van der Waals surface area contributed by atoms with E-state index in [0.29, 0.717) is 48.5 Å². The van der Waals surface area contributed by atoms with Crippen molar-refractivity contribution in [1.29, 1.82) is 0 Å². The number of halogens is 1. The first kappa shape index (κ1) is 21.0. The summed E-state index contributed by atoms with van der Waals surface area (Å²) in [6, 6.07) is 7.20. The molecule has 0 spiro atoms. The number of rotatable bonds is 3. The molecule has 9 heteroatoms. The first-order valence-electron chi connectivity index (χ1n) is 9.38. The second-order valence-electron chi connectivity index (χ2n) is 7.80. The zero-order valence-electron chi connectivity index (χ0n) is 17.1. The van der Waals surface area contributed by atoms with E-state index in [4.69, 9.17) is 26.8 Å². The molecule has 0 atom stereocenters. The van der Waals surface area contributed by atoms with Crippen LogP contribution in [0.25, 0.3) is 11.3 Å². The molecule has 1 aromatic heterocycles. The van der Waals surface area contributed by atoms with E-state index in [1.54, 1.807) is 30.2 Å². The molecule has 1 aromatic carbocycles. The van der Waals surface area contributed by atoms with Crippen LogP contribution in [0.3, 0.4) is 0 Å². The molecular formula is C20H26ClN5O3. The lowest BCUT2D eigenvalue weighted by Crippen LogP contribution is -2.50. The number of aromatic nitrogens is 2. The molecule has 0 bridgehead atoms. The van der Waals surface area contributed by atoms with Crippen LogP contribution in [-0.2, 0) is 4.74 Å². The first-order chi connectivity index (χ1) is 13.7. The van der Waals surface area contributed by atoms with E-state index in [0.717, 1.165) is 11.3 Å². The minimum atomic E-state index is -0.515. The van der Waals surface area contributed by atoms with Crippen molar-refractivity contribution >= 4 is 29.2 Å². The highest BCUT2D eigenvalue weighted by molar-refractivity contribution is 6.31. The molecule has 29 heavy (non-hydrogen) atoms. The minimum absolute atomic E-state index is 0.303. The first-order valence-corrected chi connectivity index (χ1v) is 9.76. The molecule has 1 amide bonds. The lowest BCUT2D eigenvalue weighted by molar-refractivity contribution is 0.0240. The molecule has 0 unspecified atom stereocenters. The van der Waals surface area contributed by atoms with Gasteiger partial charge < -0.3 is 25.0 Å². The van der Waals surface area contributed by atoms with Gasteiger partial charge in [-0.05, 0) is 45.0 Å². The fourth-order valence-corrected chi connectivity index (χ4v) is 3.29. The van der Waals surface area contributed by atoms with E-state index in [1.807, 2.05) is 26.8 Å². The maximum absolute atomic E-state index is 12.3. The van der Waals surface area contributed by atoms with Gasteiger partial charge >= 0.3 is 6.09 Å². The van der Waals surface area contributed by atoms with Crippen molar-refractivity contribution in [3.05, 3.63) is 29.3 Å². The molecule has 1 saturated heterocycles. The summed E-state index contributed by atoms with van der Waals surface area (Å²) in [5.41, 5.74) is 7.70. The highest BCUT2D eigenvalue weighted by Crippen LogP contribution is 2.34. The van der Waals surface area contributed by atoms with E-state index in [9.17, 15) is 4.79 Å². The zero-order chi connectivity index (χ0) is 21.2. The largest absolute Gasteiger partial charge is 0.496 e. The number of nitrogen functional groups attached to an aromatic ring is 1. The third kappa shape index (κ3) is 5.00. The molecule has 0 radical (unpaired) electrons. The van der Waals surface area contributed by atoms with Crippen molar-refractivity contribution in [2.75, 3.05) is 43.9 Å². The van der Waals surface area contributed by atoms with Gasteiger partial charge in [0.15, 0.2) is 5.82 Å². The van der Waals surface area contributed by atoms with Crippen molar-refractivity contribution < 1.29 is 14.3 Å². The van der Waals surface area contributed by atoms with Gasteiger partial charge in [0.2, 0.25) is 0 Å². The molecule has 8 nitrogen and oxygen atoms in total. The van der Waals surface area contributed by atoms with Crippen LogP contribution in [0.1, 0.15) is 20.8 Å². The Bertz CT molecular complexity index is 892. The third-order valence-electron chi connectivity index (χ3n) is 4.51. The Hall–Kier alpha value is -2.74. The van der Waals surface area contributed by atoms with Gasteiger partial charge in [0, 0.05) is 36.8 Å². The van der Waals surface area contributed by atoms with E-state index < -0.39 is 5.60 Å². The Morgan fingerprint density at radius 3 is 2.45 bits per heavy atom. The fourth-order valence-electron chi connectivity index (χ4n) is 3.11. The highest BCUT2D eigenvalue weighted by Gasteiger charge is 2.27. The van der Waals surface area contributed by atoms with Crippen LogP contribution in [0.2, 0.25) is 5.02 Å². The number of nitrogens with two attached hydrogens (primary N) is 1. The zero-order valence-corrected chi connectivity index (χ0v) is 17.9. The van der Waals surface area contributed by atoms with Gasteiger partial charge in [0.25, 0.3) is 0 Å². The van der Waals surface area contributed by atoms with E-state index in [-0.39, 0.29) is 6.09 Å². The predicted octanol–water partition coefficient (Wildman–Crippen LogP) is 3.44. The van der Waals surface area contributed by atoms with Gasteiger partial charge in [-0.15, -0.1) is 10.2 Å². The van der Waals surface area contributed by atoms with Crippen molar-refractivity contribution in [2.45, 2.75) is 26.4 Å². The van der Waals surface area contributed by atoms with E-state index >= 15 is 0 Å². The van der Waals surface area contributed by atoms with Gasteiger partial charge in [0.1, 0.15) is 11.4 Å². The molecular weight excluding hydrogens is 394 g/mol. The molecule has 156 valence electrons. The number of carbonyl (C=O) groups is 1. The maximum Gasteiger partial charge on any atom is 0.410 e. The summed E-state index contributed by atoms with van der Waals surface area (Å²) in [6.45, 7) is 7.86. The summed E-state index contributed by atoms with van der Waals surface area (Å²) < 4.78 is 10.9. The number of methoxy groups -OCH3 is 1. The van der Waals surface area contributed by atoms with Crippen LogP contribution in [0.5, 0.6) is 5.75 Å². The number of amides is 1. The maximum atomic E-state index is 12.3. The van der Waals surface area contributed by atoms with Crippen molar-refractivity contribution in [1.82, 2.24) is 15.1 Å². The predicted molar refractivity (Wildman–Crippen MR) is 113 cm³/mol. The van der Waals surface area contributed by atoms with Crippen molar-refractivity contribution in [2.24, 2.45) is 0 Å². The summed E-state index contributed by atoms with van der Waals surface area (Å²) in [5.74, 6) is 0.981. The standard InChI is InChI=1S/C20H26ClN5O3/c1-20(2,3)29-19(27)26-9-7-25(8-10-26)16-12-15(23-24-18(16)22)14-11-13(21)5-6-17(14)28-4/h5-6,11-12H,7-10H2,1-4H3,(H2,22,24). The number of anilines is 2. The molecule has 1 aliphatic heterocycles.